The van der Waals surface area contributed by atoms with E-state index in [2.05, 4.69) is 16.2 Å². The molecule has 0 aliphatic carbocycles. The first-order valence-electron chi connectivity index (χ1n) is 8.08. The summed E-state index contributed by atoms with van der Waals surface area (Å²) in [5.41, 5.74) is 9.51. The highest BCUT2D eigenvalue weighted by Gasteiger charge is 2.06. The molecule has 0 heterocycles. The number of ether oxygens (including phenoxy) is 1. The molecule has 0 spiro atoms. The summed E-state index contributed by atoms with van der Waals surface area (Å²) < 4.78 is 5.60. The maximum atomic E-state index is 11.9. The van der Waals surface area contributed by atoms with Gasteiger partial charge in [0.1, 0.15) is 5.75 Å². The van der Waals surface area contributed by atoms with Gasteiger partial charge in [-0.3, -0.25) is 15.6 Å². The van der Waals surface area contributed by atoms with Crippen LogP contribution in [0.4, 0.5) is 5.69 Å². The summed E-state index contributed by atoms with van der Waals surface area (Å²) in [6, 6.07) is 13.6. The van der Waals surface area contributed by atoms with Gasteiger partial charge in [-0.15, -0.1) is 0 Å². The highest BCUT2D eigenvalue weighted by atomic mass is 32.1. The van der Waals surface area contributed by atoms with Crippen molar-refractivity contribution in [1.29, 1.82) is 0 Å². The van der Waals surface area contributed by atoms with Crippen LogP contribution in [-0.4, -0.2) is 17.6 Å². The first kappa shape index (κ1) is 18.7. The molecule has 0 bridgehead atoms. The van der Waals surface area contributed by atoms with Gasteiger partial charge >= 0.3 is 0 Å². The van der Waals surface area contributed by atoms with E-state index in [0.717, 1.165) is 22.6 Å². The number of carbonyl (C=O) groups excluding carboxylic acids is 1. The Balaban J connectivity index is 1.71. The monoisotopic (exact) mass is 357 g/mol. The number of hydrogen-bond acceptors (Lipinski definition) is 3. The van der Waals surface area contributed by atoms with Crippen molar-refractivity contribution in [3.63, 3.8) is 0 Å². The van der Waals surface area contributed by atoms with Crippen molar-refractivity contribution in [1.82, 2.24) is 10.9 Å². The fourth-order valence-corrected chi connectivity index (χ4v) is 2.36. The molecule has 5 nitrogen and oxygen atoms in total. The molecule has 132 valence electrons. The standard InChI is InChI=1S/C19H23N3O2S/c1-13-8-6-9-16(15(13)3)20-19(25)22-21-18(23)11-12-24-17-10-5-4-7-14(17)2/h4-10H,11-12H2,1-3H3,(H,21,23)(H2,20,22,25). The molecule has 3 N–H and O–H groups in total. The maximum Gasteiger partial charge on any atom is 0.241 e. The number of hydrazine groups is 1. The molecular formula is C19H23N3O2S. The van der Waals surface area contributed by atoms with Crippen LogP contribution >= 0.6 is 12.2 Å². The van der Waals surface area contributed by atoms with Crippen LogP contribution in [0.1, 0.15) is 23.1 Å². The lowest BCUT2D eigenvalue weighted by molar-refractivity contribution is -0.122. The predicted octanol–water partition coefficient (Wildman–Crippen LogP) is 3.40. The van der Waals surface area contributed by atoms with E-state index >= 15 is 0 Å². The summed E-state index contributed by atoms with van der Waals surface area (Å²) >= 11 is 5.20. The van der Waals surface area contributed by atoms with Crippen LogP contribution < -0.4 is 20.9 Å². The molecule has 0 aliphatic heterocycles. The molecule has 6 heteroatoms. The first-order chi connectivity index (χ1) is 12.0. The average molecular weight is 357 g/mol. The Morgan fingerprint density at radius 2 is 1.72 bits per heavy atom. The van der Waals surface area contributed by atoms with E-state index in [1.54, 1.807) is 0 Å². The Morgan fingerprint density at radius 3 is 2.48 bits per heavy atom. The quantitative estimate of drug-likeness (QED) is 0.565. The molecule has 0 aromatic heterocycles. The van der Waals surface area contributed by atoms with E-state index in [1.807, 2.05) is 63.2 Å². The summed E-state index contributed by atoms with van der Waals surface area (Å²) in [5.74, 6) is 0.592. The second kappa shape index (κ2) is 9.03. The maximum absolute atomic E-state index is 11.9. The van der Waals surface area contributed by atoms with Crippen LogP contribution in [-0.2, 0) is 4.79 Å². The highest BCUT2D eigenvalue weighted by Crippen LogP contribution is 2.18. The number of anilines is 1. The molecule has 2 aromatic rings. The molecule has 25 heavy (non-hydrogen) atoms. The molecule has 1 amide bonds. The van der Waals surface area contributed by atoms with Crippen molar-refractivity contribution in [3.05, 3.63) is 59.2 Å². The van der Waals surface area contributed by atoms with E-state index in [9.17, 15) is 4.79 Å². The molecular weight excluding hydrogens is 334 g/mol. The number of aryl methyl sites for hydroxylation is 2. The molecule has 0 fully saturated rings. The summed E-state index contributed by atoms with van der Waals surface area (Å²) in [6.45, 7) is 6.32. The van der Waals surface area contributed by atoms with Gasteiger partial charge in [-0.1, -0.05) is 30.3 Å². The molecule has 0 unspecified atom stereocenters. The second-order valence-electron chi connectivity index (χ2n) is 5.74. The number of amides is 1. The second-order valence-corrected chi connectivity index (χ2v) is 6.15. The summed E-state index contributed by atoms with van der Waals surface area (Å²) in [5, 5.41) is 3.41. The van der Waals surface area contributed by atoms with Gasteiger partial charge in [-0.25, -0.2) is 0 Å². The number of para-hydroxylation sites is 1. The van der Waals surface area contributed by atoms with E-state index < -0.39 is 0 Å². The molecule has 2 rings (SSSR count). The fourth-order valence-electron chi connectivity index (χ4n) is 2.20. The van der Waals surface area contributed by atoms with Crippen molar-refractivity contribution in [2.45, 2.75) is 27.2 Å². The van der Waals surface area contributed by atoms with E-state index in [4.69, 9.17) is 17.0 Å². The smallest absolute Gasteiger partial charge is 0.241 e. The van der Waals surface area contributed by atoms with Crippen LogP contribution in [0.5, 0.6) is 5.75 Å². The third kappa shape index (κ3) is 5.76. The zero-order valence-corrected chi connectivity index (χ0v) is 15.5. The number of hydrogen-bond donors (Lipinski definition) is 3. The van der Waals surface area contributed by atoms with Crippen LogP contribution in [0.2, 0.25) is 0 Å². The topological polar surface area (TPSA) is 62.4 Å². The van der Waals surface area contributed by atoms with Crippen molar-refractivity contribution in [2.75, 3.05) is 11.9 Å². The van der Waals surface area contributed by atoms with Crippen molar-refractivity contribution < 1.29 is 9.53 Å². The van der Waals surface area contributed by atoms with Gasteiger partial charge in [0, 0.05) is 5.69 Å². The fraction of sp³-hybridized carbons (Fsp3) is 0.263. The molecule has 2 aromatic carbocycles. The van der Waals surface area contributed by atoms with E-state index in [-0.39, 0.29) is 12.3 Å². The Kier molecular flexibility index (Phi) is 6.77. The Hall–Kier alpha value is -2.60. The van der Waals surface area contributed by atoms with Crippen LogP contribution in [0.25, 0.3) is 0 Å². The van der Waals surface area contributed by atoms with Gasteiger partial charge in [0.25, 0.3) is 0 Å². The zero-order valence-electron chi connectivity index (χ0n) is 14.7. The lowest BCUT2D eigenvalue weighted by Crippen LogP contribution is -2.44. The molecule has 0 atom stereocenters. The van der Waals surface area contributed by atoms with Gasteiger partial charge in [-0.2, -0.15) is 0 Å². The molecule has 0 radical (unpaired) electrons. The van der Waals surface area contributed by atoms with Gasteiger partial charge in [0.2, 0.25) is 5.91 Å². The molecule has 0 aliphatic rings. The predicted molar refractivity (Wildman–Crippen MR) is 105 cm³/mol. The summed E-state index contributed by atoms with van der Waals surface area (Å²) in [7, 11) is 0. The van der Waals surface area contributed by atoms with Crippen molar-refractivity contribution >= 4 is 28.9 Å². The summed E-state index contributed by atoms with van der Waals surface area (Å²) in [6.07, 6.45) is 0.230. The Bertz CT molecular complexity index is 762. The van der Waals surface area contributed by atoms with Crippen LogP contribution in [0.3, 0.4) is 0 Å². The Labute approximate surface area is 153 Å². The number of benzene rings is 2. The third-order valence-electron chi connectivity index (χ3n) is 3.85. The molecule has 0 saturated heterocycles. The minimum absolute atomic E-state index is 0.196. The normalized spacial score (nSPS) is 10.0. The zero-order chi connectivity index (χ0) is 18.2. The number of thiocarbonyl (C=S) groups is 1. The summed E-state index contributed by atoms with van der Waals surface area (Å²) in [4.78, 5) is 11.9. The van der Waals surface area contributed by atoms with Gasteiger partial charge in [0.05, 0.1) is 13.0 Å². The minimum Gasteiger partial charge on any atom is -0.493 e. The first-order valence-corrected chi connectivity index (χ1v) is 8.48. The van der Waals surface area contributed by atoms with E-state index in [0.29, 0.717) is 11.7 Å². The SMILES string of the molecule is Cc1ccccc1OCCC(=O)NNC(=S)Nc1cccc(C)c1C. The minimum atomic E-state index is -0.196. The lowest BCUT2D eigenvalue weighted by Gasteiger charge is -2.14. The Morgan fingerprint density at radius 1 is 1.00 bits per heavy atom. The largest absolute Gasteiger partial charge is 0.493 e. The average Bonchev–Trinajstić information content (AvgIpc) is 2.59. The van der Waals surface area contributed by atoms with Crippen LogP contribution in [0.15, 0.2) is 42.5 Å². The van der Waals surface area contributed by atoms with Crippen LogP contribution in [0, 0.1) is 20.8 Å². The van der Waals surface area contributed by atoms with Crippen molar-refractivity contribution in [3.8, 4) is 5.75 Å². The lowest BCUT2D eigenvalue weighted by atomic mass is 10.1. The van der Waals surface area contributed by atoms with Crippen molar-refractivity contribution in [2.24, 2.45) is 0 Å². The highest BCUT2D eigenvalue weighted by molar-refractivity contribution is 7.80. The number of carbonyl (C=O) groups is 1. The number of rotatable bonds is 5. The third-order valence-corrected chi connectivity index (χ3v) is 4.05. The number of nitrogens with one attached hydrogen (secondary N) is 3. The van der Waals surface area contributed by atoms with Gasteiger partial charge < -0.3 is 10.1 Å². The molecule has 0 saturated carbocycles. The van der Waals surface area contributed by atoms with E-state index in [1.165, 1.54) is 5.56 Å². The van der Waals surface area contributed by atoms with Gasteiger partial charge in [0.15, 0.2) is 5.11 Å². The van der Waals surface area contributed by atoms with Gasteiger partial charge in [-0.05, 0) is 61.8 Å².